The number of piperidine rings is 1. The van der Waals surface area contributed by atoms with Gasteiger partial charge in [-0.05, 0) is 37.8 Å². The normalized spacial score (nSPS) is 15.7. The highest BCUT2D eigenvalue weighted by molar-refractivity contribution is 5.80. The third-order valence-electron chi connectivity index (χ3n) is 4.94. The molecule has 0 aliphatic carbocycles. The average Bonchev–Trinajstić information content (AvgIpc) is 2.70. The van der Waals surface area contributed by atoms with Gasteiger partial charge in [0.05, 0.1) is 13.0 Å². The van der Waals surface area contributed by atoms with Gasteiger partial charge in [0.2, 0.25) is 0 Å². The molecule has 1 aromatic carbocycles. The summed E-state index contributed by atoms with van der Waals surface area (Å²) < 4.78 is 4.85. The average molecular weight is 361 g/mol. The van der Waals surface area contributed by atoms with Gasteiger partial charge in [0, 0.05) is 46.0 Å². The van der Waals surface area contributed by atoms with Crippen LogP contribution < -0.4 is 10.2 Å². The minimum absolute atomic E-state index is 0.0304. The predicted octanol–water partition coefficient (Wildman–Crippen LogP) is 2.36. The molecule has 26 heavy (non-hydrogen) atoms. The molecule has 1 aliphatic rings. The van der Waals surface area contributed by atoms with Gasteiger partial charge >= 0.3 is 5.97 Å². The second-order valence-electron chi connectivity index (χ2n) is 6.72. The summed E-state index contributed by atoms with van der Waals surface area (Å²) in [5.74, 6) is 0.878. The lowest BCUT2D eigenvalue weighted by atomic mass is 9.97. The van der Waals surface area contributed by atoms with Gasteiger partial charge in [0.1, 0.15) is 0 Å². The van der Waals surface area contributed by atoms with Gasteiger partial charge in [-0.25, -0.2) is 0 Å². The molecule has 144 valence electrons. The minimum atomic E-state index is -0.0878. The molecule has 1 N–H and O–H groups in total. The van der Waals surface area contributed by atoms with E-state index in [4.69, 9.17) is 4.74 Å². The predicted molar refractivity (Wildman–Crippen MR) is 107 cm³/mol. The highest BCUT2D eigenvalue weighted by atomic mass is 16.5. The number of carbonyl (C=O) groups is 1. The summed E-state index contributed by atoms with van der Waals surface area (Å²) in [5, 5.41) is 3.45. The lowest BCUT2D eigenvalue weighted by Crippen LogP contribution is -2.46. The van der Waals surface area contributed by atoms with Crippen molar-refractivity contribution < 1.29 is 9.53 Å². The van der Waals surface area contributed by atoms with Gasteiger partial charge in [0.25, 0.3) is 0 Å². The van der Waals surface area contributed by atoms with Crippen molar-refractivity contribution in [1.82, 2.24) is 10.2 Å². The molecule has 1 fully saturated rings. The van der Waals surface area contributed by atoms with Crippen molar-refractivity contribution in [1.29, 1.82) is 0 Å². The molecule has 0 aromatic heterocycles. The number of benzene rings is 1. The summed E-state index contributed by atoms with van der Waals surface area (Å²) in [7, 11) is 5.41. The van der Waals surface area contributed by atoms with Crippen LogP contribution in [0.4, 0.5) is 5.69 Å². The Morgan fingerprint density at radius 1 is 1.27 bits per heavy atom. The first-order valence-electron chi connectivity index (χ1n) is 9.45. The fourth-order valence-electron chi connectivity index (χ4n) is 3.31. The number of nitrogens with one attached hydrogen (secondary N) is 1. The van der Waals surface area contributed by atoms with E-state index in [1.54, 1.807) is 0 Å². The zero-order valence-corrected chi connectivity index (χ0v) is 16.3. The topological polar surface area (TPSA) is 57.2 Å². The van der Waals surface area contributed by atoms with Gasteiger partial charge in [-0.1, -0.05) is 18.2 Å². The molecule has 1 aromatic rings. The number of rotatable bonds is 7. The number of para-hydroxylation sites is 1. The minimum Gasteiger partial charge on any atom is -0.469 e. The number of ether oxygens (including phenoxy) is 1. The van der Waals surface area contributed by atoms with Crippen molar-refractivity contribution in [3.8, 4) is 0 Å². The van der Waals surface area contributed by atoms with E-state index in [0.717, 1.165) is 57.8 Å². The van der Waals surface area contributed by atoms with Crippen LogP contribution in [0.2, 0.25) is 0 Å². The number of likely N-dealkylation sites (tertiary alicyclic amines) is 1. The molecule has 0 bridgehead atoms. The van der Waals surface area contributed by atoms with Crippen molar-refractivity contribution in [2.75, 3.05) is 52.3 Å². The molecule has 0 amide bonds. The van der Waals surface area contributed by atoms with Gasteiger partial charge in [-0.2, -0.15) is 0 Å². The number of esters is 1. The Morgan fingerprint density at radius 2 is 1.96 bits per heavy atom. The van der Waals surface area contributed by atoms with E-state index < -0.39 is 0 Å². The van der Waals surface area contributed by atoms with E-state index in [1.807, 2.05) is 13.1 Å². The maximum Gasteiger partial charge on any atom is 0.308 e. The summed E-state index contributed by atoms with van der Waals surface area (Å²) in [6.45, 7) is 3.63. The molecule has 1 aliphatic heterocycles. The molecule has 0 radical (unpaired) electrons. The summed E-state index contributed by atoms with van der Waals surface area (Å²) >= 11 is 0. The lowest BCUT2D eigenvalue weighted by molar-refractivity contribution is -0.146. The summed E-state index contributed by atoms with van der Waals surface area (Å²) in [4.78, 5) is 20.5. The Kier molecular flexibility index (Phi) is 8.25. The molecule has 0 unspecified atom stereocenters. The molecule has 6 nitrogen and oxygen atoms in total. The van der Waals surface area contributed by atoms with Gasteiger partial charge in [-0.3, -0.25) is 9.79 Å². The van der Waals surface area contributed by atoms with Crippen molar-refractivity contribution >= 4 is 17.6 Å². The van der Waals surface area contributed by atoms with Crippen molar-refractivity contribution in [2.24, 2.45) is 10.9 Å². The summed E-state index contributed by atoms with van der Waals surface area (Å²) in [6, 6.07) is 10.5. The first-order chi connectivity index (χ1) is 12.7. The third-order valence-corrected chi connectivity index (χ3v) is 4.94. The highest BCUT2D eigenvalue weighted by Gasteiger charge is 2.26. The summed E-state index contributed by atoms with van der Waals surface area (Å²) in [5.41, 5.74) is 1.25. The Labute approximate surface area is 157 Å². The second kappa shape index (κ2) is 10.7. The number of hydrogen-bond acceptors (Lipinski definition) is 4. The fourth-order valence-corrected chi connectivity index (χ4v) is 3.31. The first kappa shape index (κ1) is 20.1. The van der Waals surface area contributed by atoms with E-state index in [-0.39, 0.29) is 11.9 Å². The Morgan fingerprint density at radius 3 is 2.58 bits per heavy atom. The number of aliphatic imine (C=N–C) groups is 1. The number of guanidine groups is 1. The van der Waals surface area contributed by atoms with Crippen molar-refractivity contribution in [3.63, 3.8) is 0 Å². The van der Waals surface area contributed by atoms with Crippen molar-refractivity contribution in [2.45, 2.75) is 25.7 Å². The Hall–Kier alpha value is -2.24. The van der Waals surface area contributed by atoms with E-state index in [2.05, 4.69) is 51.4 Å². The van der Waals surface area contributed by atoms with E-state index in [1.165, 1.54) is 12.8 Å². The van der Waals surface area contributed by atoms with Crippen molar-refractivity contribution in [3.05, 3.63) is 30.3 Å². The van der Waals surface area contributed by atoms with Crippen LogP contribution in [0.15, 0.2) is 35.3 Å². The molecule has 6 heteroatoms. The molecule has 0 spiro atoms. The van der Waals surface area contributed by atoms with Crippen LogP contribution in [0, 0.1) is 5.92 Å². The van der Waals surface area contributed by atoms with Crippen LogP contribution in [0.1, 0.15) is 25.7 Å². The van der Waals surface area contributed by atoms with Gasteiger partial charge in [-0.15, -0.1) is 0 Å². The zero-order valence-electron chi connectivity index (χ0n) is 16.3. The van der Waals surface area contributed by atoms with Crippen LogP contribution in [-0.4, -0.2) is 64.2 Å². The van der Waals surface area contributed by atoms with Crippen LogP contribution in [-0.2, 0) is 9.53 Å². The highest BCUT2D eigenvalue weighted by Crippen LogP contribution is 2.18. The van der Waals surface area contributed by atoms with Crippen LogP contribution in [0.3, 0.4) is 0 Å². The SMILES string of the molecule is CN=C(NCCCCN(C)c1ccccc1)N1CCC(C(=O)OC)CC1. The zero-order chi connectivity index (χ0) is 18.8. The third kappa shape index (κ3) is 5.93. The van der Waals surface area contributed by atoms with E-state index in [9.17, 15) is 4.79 Å². The standard InChI is InChI=1S/C20H32N4O2/c1-21-20(24-15-11-17(12-16-24)19(25)26-3)22-13-7-8-14-23(2)18-9-5-4-6-10-18/h4-6,9-10,17H,7-8,11-16H2,1-3H3,(H,21,22). The van der Waals surface area contributed by atoms with Crippen LogP contribution >= 0.6 is 0 Å². The number of methoxy groups -OCH3 is 1. The lowest BCUT2D eigenvalue weighted by Gasteiger charge is -2.33. The van der Waals surface area contributed by atoms with Gasteiger partial charge < -0.3 is 19.9 Å². The van der Waals surface area contributed by atoms with Crippen LogP contribution in [0.25, 0.3) is 0 Å². The fraction of sp³-hybridized carbons (Fsp3) is 0.600. The monoisotopic (exact) mass is 360 g/mol. The second-order valence-corrected chi connectivity index (χ2v) is 6.72. The summed E-state index contributed by atoms with van der Waals surface area (Å²) in [6.07, 6.45) is 3.87. The number of carbonyl (C=O) groups excluding carboxylic acids is 1. The Bertz CT molecular complexity index is 568. The number of anilines is 1. The molecule has 0 atom stereocenters. The van der Waals surface area contributed by atoms with Gasteiger partial charge in [0.15, 0.2) is 5.96 Å². The largest absolute Gasteiger partial charge is 0.469 e. The first-order valence-corrected chi connectivity index (χ1v) is 9.45. The quantitative estimate of drug-likeness (QED) is 0.350. The molecule has 2 rings (SSSR count). The van der Waals surface area contributed by atoms with Crippen LogP contribution in [0.5, 0.6) is 0 Å². The maximum absolute atomic E-state index is 11.6. The molecular weight excluding hydrogens is 328 g/mol. The molecule has 0 saturated carbocycles. The maximum atomic E-state index is 11.6. The molecular formula is C20H32N4O2. The molecule has 1 heterocycles. The molecule has 1 saturated heterocycles. The Balaban J connectivity index is 1.64. The number of nitrogens with zero attached hydrogens (tertiary/aromatic N) is 3. The number of hydrogen-bond donors (Lipinski definition) is 1. The van der Waals surface area contributed by atoms with E-state index in [0.29, 0.717) is 0 Å². The van der Waals surface area contributed by atoms with E-state index >= 15 is 0 Å². The smallest absolute Gasteiger partial charge is 0.308 e. The number of unbranched alkanes of at least 4 members (excludes halogenated alkanes) is 1.